The molecule has 168 valence electrons. The second-order valence-electron chi connectivity index (χ2n) is 8.00. The van der Waals surface area contributed by atoms with Crippen LogP contribution in [0.1, 0.15) is 41.8 Å². The van der Waals surface area contributed by atoms with E-state index in [4.69, 9.17) is 4.74 Å². The minimum absolute atomic E-state index is 0.0942. The third-order valence-corrected chi connectivity index (χ3v) is 5.52. The number of amides is 2. The summed E-state index contributed by atoms with van der Waals surface area (Å²) < 4.78 is 19.6. The SMILES string of the molecule is CC[C@H](C)NC(=O)c1ccc(/C=C2\Oc3ccccc3N(Cc3cccc(F)c3)C2=O)cc1. The Labute approximate surface area is 192 Å². The molecule has 1 aliphatic rings. The molecule has 2 amide bonds. The van der Waals surface area contributed by atoms with Gasteiger partial charge in [-0.3, -0.25) is 14.5 Å². The highest BCUT2D eigenvalue weighted by Crippen LogP contribution is 2.36. The maximum absolute atomic E-state index is 13.7. The van der Waals surface area contributed by atoms with Crippen molar-refractivity contribution in [3.05, 3.63) is 101 Å². The van der Waals surface area contributed by atoms with Crippen LogP contribution >= 0.6 is 0 Å². The van der Waals surface area contributed by atoms with Gasteiger partial charge in [-0.25, -0.2) is 4.39 Å². The van der Waals surface area contributed by atoms with Crippen LogP contribution in [0.5, 0.6) is 5.75 Å². The van der Waals surface area contributed by atoms with Crippen LogP contribution in [0.15, 0.2) is 78.6 Å². The molecule has 1 aliphatic heterocycles. The van der Waals surface area contributed by atoms with E-state index < -0.39 is 0 Å². The maximum atomic E-state index is 13.7. The molecule has 0 saturated carbocycles. The summed E-state index contributed by atoms with van der Waals surface area (Å²) >= 11 is 0. The van der Waals surface area contributed by atoms with E-state index in [2.05, 4.69) is 5.32 Å². The number of carbonyl (C=O) groups excluding carboxylic acids is 2. The van der Waals surface area contributed by atoms with Gasteiger partial charge in [0.25, 0.3) is 11.8 Å². The number of hydrogen-bond donors (Lipinski definition) is 1. The van der Waals surface area contributed by atoms with E-state index >= 15 is 0 Å². The fourth-order valence-electron chi connectivity index (χ4n) is 3.53. The minimum atomic E-state index is -0.352. The van der Waals surface area contributed by atoms with Crippen molar-refractivity contribution < 1.29 is 18.7 Å². The van der Waals surface area contributed by atoms with E-state index in [0.29, 0.717) is 22.6 Å². The number of para-hydroxylation sites is 2. The zero-order valence-electron chi connectivity index (χ0n) is 18.5. The van der Waals surface area contributed by atoms with Crippen LogP contribution in [0.25, 0.3) is 6.08 Å². The third-order valence-electron chi connectivity index (χ3n) is 5.52. The molecule has 1 N–H and O–H groups in total. The van der Waals surface area contributed by atoms with E-state index in [-0.39, 0.29) is 36.0 Å². The smallest absolute Gasteiger partial charge is 0.294 e. The molecule has 0 aromatic heterocycles. The summed E-state index contributed by atoms with van der Waals surface area (Å²) in [5.41, 5.74) is 2.58. The van der Waals surface area contributed by atoms with Crippen LogP contribution in [0, 0.1) is 5.82 Å². The maximum Gasteiger partial charge on any atom is 0.294 e. The van der Waals surface area contributed by atoms with Crippen molar-refractivity contribution in [2.24, 2.45) is 0 Å². The molecule has 1 heterocycles. The van der Waals surface area contributed by atoms with Crippen molar-refractivity contribution in [3.63, 3.8) is 0 Å². The van der Waals surface area contributed by atoms with Gasteiger partial charge in [-0.15, -0.1) is 0 Å². The fraction of sp³-hybridized carbons (Fsp3) is 0.185. The Bertz CT molecular complexity index is 1200. The van der Waals surface area contributed by atoms with Crippen LogP contribution < -0.4 is 15.0 Å². The fourth-order valence-corrected chi connectivity index (χ4v) is 3.53. The van der Waals surface area contributed by atoms with Gasteiger partial charge in [0, 0.05) is 11.6 Å². The van der Waals surface area contributed by atoms with Gasteiger partial charge < -0.3 is 10.1 Å². The lowest BCUT2D eigenvalue weighted by Gasteiger charge is -2.30. The minimum Gasteiger partial charge on any atom is -0.449 e. The van der Waals surface area contributed by atoms with Crippen LogP contribution in [-0.2, 0) is 11.3 Å². The lowest BCUT2D eigenvalue weighted by atomic mass is 10.1. The van der Waals surface area contributed by atoms with E-state index in [9.17, 15) is 14.0 Å². The Balaban J connectivity index is 1.60. The van der Waals surface area contributed by atoms with Crippen molar-refractivity contribution in [3.8, 4) is 5.75 Å². The normalized spacial score (nSPS) is 15.1. The van der Waals surface area contributed by atoms with E-state index in [1.165, 1.54) is 12.1 Å². The topological polar surface area (TPSA) is 58.6 Å². The number of rotatable bonds is 6. The molecule has 0 aliphatic carbocycles. The monoisotopic (exact) mass is 444 g/mol. The van der Waals surface area contributed by atoms with Gasteiger partial charge in [0.05, 0.1) is 12.2 Å². The Morgan fingerprint density at radius 3 is 2.58 bits per heavy atom. The Morgan fingerprint density at radius 2 is 1.85 bits per heavy atom. The molecule has 3 aromatic rings. The number of nitrogens with zero attached hydrogens (tertiary/aromatic N) is 1. The molecule has 0 fully saturated rings. The molecule has 0 unspecified atom stereocenters. The van der Waals surface area contributed by atoms with Crippen molar-refractivity contribution in [2.45, 2.75) is 32.9 Å². The van der Waals surface area contributed by atoms with Crippen molar-refractivity contribution in [2.75, 3.05) is 4.90 Å². The highest BCUT2D eigenvalue weighted by Gasteiger charge is 2.30. The number of halogens is 1. The highest BCUT2D eigenvalue weighted by molar-refractivity contribution is 6.09. The molecular weight excluding hydrogens is 419 g/mol. The molecule has 5 nitrogen and oxygen atoms in total. The molecule has 33 heavy (non-hydrogen) atoms. The van der Waals surface area contributed by atoms with Crippen LogP contribution in [0.3, 0.4) is 0 Å². The van der Waals surface area contributed by atoms with E-state index in [1.54, 1.807) is 59.5 Å². The number of anilines is 1. The molecule has 4 rings (SSSR count). The summed E-state index contributed by atoms with van der Waals surface area (Å²) in [6.45, 7) is 4.18. The first-order valence-corrected chi connectivity index (χ1v) is 10.9. The molecule has 1 atom stereocenters. The van der Waals surface area contributed by atoms with Crippen LogP contribution in [0.4, 0.5) is 10.1 Å². The molecule has 0 spiro atoms. The zero-order valence-corrected chi connectivity index (χ0v) is 18.5. The summed E-state index contributed by atoms with van der Waals surface area (Å²) in [5.74, 6) is -0.110. The van der Waals surface area contributed by atoms with Crippen molar-refractivity contribution in [1.29, 1.82) is 0 Å². The predicted molar refractivity (Wildman–Crippen MR) is 126 cm³/mol. The van der Waals surface area contributed by atoms with Gasteiger partial charge in [-0.1, -0.05) is 43.3 Å². The van der Waals surface area contributed by atoms with E-state index in [1.807, 2.05) is 26.0 Å². The lowest BCUT2D eigenvalue weighted by molar-refractivity contribution is -0.117. The number of ether oxygens (including phenoxy) is 1. The predicted octanol–water partition coefficient (Wildman–Crippen LogP) is 5.32. The third kappa shape index (κ3) is 5.12. The van der Waals surface area contributed by atoms with Gasteiger partial charge in [0.1, 0.15) is 5.82 Å². The lowest BCUT2D eigenvalue weighted by Crippen LogP contribution is -2.36. The number of hydrogen-bond acceptors (Lipinski definition) is 3. The number of nitrogens with one attached hydrogen (secondary N) is 1. The summed E-state index contributed by atoms with van der Waals surface area (Å²) in [6.07, 6.45) is 2.50. The molecule has 0 radical (unpaired) electrons. The second-order valence-corrected chi connectivity index (χ2v) is 8.00. The first-order valence-electron chi connectivity index (χ1n) is 10.9. The summed E-state index contributed by atoms with van der Waals surface area (Å²) in [4.78, 5) is 27.2. The summed E-state index contributed by atoms with van der Waals surface area (Å²) in [6, 6.07) is 20.5. The molecule has 0 bridgehead atoms. The molecule has 0 saturated heterocycles. The quantitative estimate of drug-likeness (QED) is 0.524. The van der Waals surface area contributed by atoms with Gasteiger partial charge in [0.2, 0.25) is 0 Å². The standard InChI is InChI=1S/C27H25FN2O3/c1-3-18(2)29-26(31)21-13-11-19(12-14-21)16-25-27(32)30(17-20-7-6-8-22(28)15-20)23-9-4-5-10-24(23)33-25/h4-16,18H,3,17H2,1-2H3,(H,29,31)/b25-16-/t18-/m0/s1. The van der Waals surface area contributed by atoms with Crippen molar-refractivity contribution >= 4 is 23.6 Å². The van der Waals surface area contributed by atoms with Gasteiger partial charge >= 0.3 is 0 Å². The second kappa shape index (κ2) is 9.69. The van der Waals surface area contributed by atoms with Gasteiger partial charge in [-0.2, -0.15) is 0 Å². The Morgan fingerprint density at radius 1 is 1.09 bits per heavy atom. The summed E-state index contributed by atoms with van der Waals surface area (Å²) in [5, 5.41) is 2.93. The number of benzene rings is 3. The van der Waals surface area contributed by atoms with Gasteiger partial charge in [0.15, 0.2) is 11.5 Å². The zero-order chi connectivity index (χ0) is 23.4. The van der Waals surface area contributed by atoms with Crippen LogP contribution in [0.2, 0.25) is 0 Å². The average molecular weight is 445 g/mol. The Kier molecular flexibility index (Phi) is 6.54. The molecule has 3 aromatic carbocycles. The highest BCUT2D eigenvalue weighted by atomic mass is 19.1. The Hall–Kier alpha value is -3.93. The molecular formula is C27H25FN2O3. The summed E-state index contributed by atoms with van der Waals surface area (Å²) in [7, 11) is 0. The number of carbonyl (C=O) groups is 2. The van der Waals surface area contributed by atoms with E-state index in [0.717, 1.165) is 12.0 Å². The van der Waals surface area contributed by atoms with Gasteiger partial charge in [-0.05, 0) is 66.9 Å². The number of fused-ring (bicyclic) bond motifs is 1. The average Bonchev–Trinajstić information content (AvgIpc) is 2.82. The van der Waals surface area contributed by atoms with Crippen LogP contribution in [-0.4, -0.2) is 17.9 Å². The molecule has 6 heteroatoms. The first-order chi connectivity index (χ1) is 15.9. The van der Waals surface area contributed by atoms with Crippen molar-refractivity contribution in [1.82, 2.24) is 5.32 Å². The first kappa shape index (κ1) is 22.3. The largest absolute Gasteiger partial charge is 0.449 e.